The summed E-state index contributed by atoms with van der Waals surface area (Å²) in [5.74, 6) is -0.262. The molecule has 0 aromatic rings. The molecule has 0 unspecified atom stereocenters. The van der Waals surface area contributed by atoms with Crippen molar-refractivity contribution in [2.24, 2.45) is 0 Å². The first-order valence-electron chi connectivity index (χ1n) is 8.25. The van der Waals surface area contributed by atoms with Crippen LogP contribution in [0, 0.1) is 0 Å². The van der Waals surface area contributed by atoms with Gasteiger partial charge in [0.25, 0.3) is 0 Å². The van der Waals surface area contributed by atoms with Crippen LogP contribution in [0.2, 0.25) is 0 Å². The molecular weight excluding hydrogens is 415 g/mol. The average Bonchev–Trinajstić information content (AvgIpc) is 2.57. The molecule has 0 rings (SSSR count). The summed E-state index contributed by atoms with van der Waals surface area (Å²) >= 11 is 2.41. The number of hydrogen-bond acceptors (Lipinski definition) is 6. The minimum Gasteiger partial charge on any atom is -0.469 e. The number of rotatable bonds is 18. The number of unbranched alkanes of at least 4 members (excludes halogenated alkanes) is 3. The van der Waals surface area contributed by atoms with Crippen LogP contribution in [0.25, 0.3) is 0 Å². The predicted octanol–water partition coefficient (Wildman–Crippen LogP) is 2.61. The number of alkyl halides is 1. The number of ether oxygens (including phenoxy) is 5. The van der Waals surface area contributed by atoms with Crippen molar-refractivity contribution in [1.29, 1.82) is 0 Å². The van der Waals surface area contributed by atoms with Crippen molar-refractivity contribution in [3.63, 3.8) is 0 Å². The van der Waals surface area contributed by atoms with Gasteiger partial charge in [-0.1, -0.05) is 35.4 Å². The molecule has 0 aliphatic heterocycles. The summed E-state index contributed by atoms with van der Waals surface area (Å²) < 4.78 is 27.2. The molecule has 7 heteroatoms. The molecular formula is C16H31IO6. The highest BCUT2D eigenvalue weighted by molar-refractivity contribution is 14.1. The van der Waals surface area contributed by atoms with E-state index in [1.165, 1.54) is 30.8 Å². The number of hydrogen-bond donors (Lipinski definition) is 0. The lowest BCUT2D eigenvalue weighted by Crippen LogP contribution is -2.13. The Kier molecular flexibility index (Phi) is 20.1. The van der Waals surface area contributed by atoms with E-state index in [-0.39, 0.29) is 12.4 Å². The predicted molar refractivity (Wildman–Crippen MR) is 97.3 cm³/mol. The topological polar surface area (TPSA) is 63.2 Å². The second-order valence-corrected chi connectivity index (χ2v) is 5.96. The highest BCUT2D eigenvalue weighted by atomic mass is 127. The Morgan fingerprint density at radius 3 is 1.70 bits per heavy atom. The van der Waals surface area contributed by atoms with Crippen LogP contribution in [0.15, 0.2) is 0 Å². The number of esters is 1. The van der Waals surface area contributed by atoms with Gasteiger partial charge in [-0.2, -0.15) is 0 Å². The highest BCUT2D eigenvalue weighted by Crippen LogP contribution is 2.02. The van der Waals surface area contributed by atoms with E-state index in [2.05, 4.69) is 27.3 Å². The van der Waals surface area contributed by atoms with Gasteiger partial charge in [0.2, 0.25) is 0 Å². The first-order chi connectivity index (χ1) is 11.3. The molecule has 0 aliphatic carbocycles. The molecule has 0 heterocycles. The Morgan fingerprint density at radius 2 is 1.17 bits per heavy atom. The maximum atomic E-state index is 10.8. The number of carbonyl (C=O) groups excluding carboxylic acids is 1. The summed E-state index contributed by atoms with van der Waals surface area (Å²) in [5, 5.41) is 0. The van der Waals surface area contributed by atoms with E-state index in [1.54, 1.807) is 0 Å². The Bertz CT molecular complexity index is 253. The van der Waals surface area contributed by atoms with Crippen LogP contribution in [0.4, 0.5) is 0 Å². The molecule has 0 spiro atoms. The van der Waals surface area contributed by atoms with E-state index < -0.39 is 0 Å². The second-order valence-electron chi connectivity index (χ2n) is 4.88. The SMILES string of the molecule is COC(=O)CCOCCOCCOCCOCCCCCCI. The highest BCUT2D eigenvalue weighted by Gasteiger charge is 1.99. The van der Waals surface area contributed by atoms with E-state index in [0.29, 0.717) is 46.2 Å². The molecule has 0 saturated heterocycles. The quantitative estimate of drug-likeness (QED) is 0.140. The molecule has 0 amide bonds. The van der Waals surface area contributed by atoms with Crippen molar-refractivity contribution < 1.29 is 28.5 Å². The standard InChI is InChI=1S/C16H31IO6/c1-19-16(18)6-9-21-11-13-23-15-14-22-12-10-20-8-5-3-2-4-7-17/h2-15H2,1H3. The van der Waals surface area contributed by atoms with Crippen LogP contribution in [0.1, 0.15) is 32.1 Å². The lowest BCUT2D eigenvalue weighted by Gasteiger charge is -2.07. The molecule has 0 atom stereocenters. The molecule has 0 N–H and O–H groups in total. The van der Waals surface area contributed by atoms with Crippen LogP contribution in [0.5, 0.6) is 0 Å². The van der Waals surface area contributed by atoms with Crippen molar-refractivity contribution in [3.8, 4) is 0 Å². The van der Waals surface area contributed by atoms with Crippen molar-refractivity contribution in [2.75, 3.05) is 64.4 Å². The minimum absolute atomic E-state index is 0.262. The zero-order chi connectivity index (χ0) is 17.0. The summed E-state index contributed by atoms with van der Waals surface area (Å²) in [5.41, 5.74) is 0. The summed E-state index contributed by atoms with van der Waals surface area (Å²) in [7, 11) is 1.36. The summed E-state index contributed by atoms with van der Waals surface area (Å²) in [6.07, 6.45) is 5.26. The van der Waals surface area contributed by atoms with Crippen LogP contribution < -0.4 is 0 Å². The third-order valence-corrected chi connectivity index (χ3v) is 3.73. The zero-order valence-electron chi connectivity index (χ0n) is 14.2. The van der Waals surface area contributed by atoms with Gasteiger partial charge < -0.3 is 23.7 Å². The van der Waals surface area contributed by atoms with E-state index >= 15 is 0 Å². The zero-order valence-corrected chi connectivity index (χ0v) is 16.4. The van der Waals surface area contributed by atoms with E-state index in [0.717, 1.165) is 13.0 Å². The molecule has 0 aromatic carbocycles. The fourth-order valence-electron chi connectivity index (χ4n) is 1.67. The summed E-state index contributed by atoms with van der Waals surface area (Å²) in [4.78, 5) is 10.8. The van der Waals surface area contributed by atoms with Gasteiger partial charge >= 0.3 is 5.97 Å². The fraction of sp³-hybridized carbons (Fsp3) is 0.938. The molecule has 0 aromatic heterocycles. The van der Waals surface area contributed by atoms with Crippen molar-refractivity contribution in [2.45, 2.75) is 32.1 Å². The van der Waals surface area contributed by atoms with Crippen LogP contribution in [-0.2, 0) is 28.5 Å². The first-order valence-corrected chi connectivity index (χ1v) is 9.77. The number of methoxy groups -OCH3 is 1. The van der Waals surface area contributed by atoms with Gasteiger partial charge in [0.15, 0.2) is 0 Å². The third kappa shape index (κ3) is 20.0. The Morgan fingerprint density at radius 1 is 0.696 bits per heavy atom. The molecule has 0 saturated carbocycles. The van der Waals surface area contributed by atoms with Gasteiger partial charge in [-0.25, -0.2) is 0 Å². The summed E-state index contributed by atoms with van der Waals surface area (Å²) in [6, 6.07) is 0. The van der Waals surface area contributed by atoms with E-state index in [4.69, 9.17) is 18.9 Å². The lowest BCUT2D eigenvalue weighted by atomic mass is 10.2. The number of halogens is 1. The monoisotopic (exact) mass is 446 g/mol. The minimum atomic E-state index is -0.262. The third-order valence-electron chi connectivity index (χ3n) is 2.97. The van der Waals surface area contributed by atoms with E-state index in [9.17, 15) is 4.79 Å². The molecule has 0 aliphatic rings. The maximum absolute atomic E-state index is 10.8. The van der Waals surface area contributed by atoms with Gasteiger partial charge in [-0.05, 0) is 17.3 Å². The largest absolute Gasteiger partial charge is 0.469 e. The lowest BCUT2D eigenvalue weighted by molar-refractivity contribution is -0.141. The van der Waals surface area contributed by atoms with Crippen LogP contribution >= 0.6 is 22.6 Å². The van der Waals surface area contributed by atoms with Crippen molar-refractivity contribution in [3.05, 3.63) is 0 Å². The molecule has 0 bridgehead atoms. The van der Waals surface area contributed by atoms with Gasteiger partial charge in [0.05, 0.1) is 59.8 Å². The summed E-state index contributed by atoms with van der Waals surface area (Å²) in [6.45, 7) is 4.50. The molecule has 23 heavy (non-hydrogen) atoms. The van der Waals surface area contributed by atoms with E-state index in [1.807, 2.05) is 0 Å². The van der Waals surface area contributed by atoms with Crippen LogP contribution in [-0.4, -0.2) is 70.4 Å². The number of carbonyl (C=O) groups is 1. The second kappa shape index (κ2) is 20.1. The first kappa shape index (κ1) is 23.0. The van der Waals surface area contributed by atoms with Gasteiger partial charge in [0.1, 0.15) is 0 Å². The average molecular weight is 446 g/mol. The maximum Gasteiger partial charge on any atom is 0.307 e. The van der Waals surface area contributed by atoms with Crippen molar-refractivity contribution >= 4 is 28.6 Å². The molecule has 6 nitrogen and oxygen atoms in total. The Labute approximate surface area is 153 Å². The Balaban J connectivity index is 2.99. The van der Waals surface area contributed by atoms with Gasteiger partial charge in [-0.15, -0.1) is 0 Å². The normalized spacial score (nSPS) is 10.9. The fourth-order valence-corrected chi connectivity index (χ4v) is 2.21. The Hall–Kier alpha value is 0.0400. The van der Waals surface area contributed by atoms with Gasteiger partial charge in [-0.3, -0.25) is 4.79 Å². The van der Waals surface area contributed by atoms with Gasteiger partial charge in [0, 0.05) is 6.61 Å². The van der Waals surface area contributed by atoms with Crippen molar-refractivity contribution in [1.82, 2.24) is 0 Å². The molecule has 0 radical (unpaired) electrons. The van der Waals surface area contributed by atoms with Crippen LogP contribution in [0.3, 0.4) is 0 Å². The molecule has 0 fully saturated rings. The molecule has 138 valence electrons. The smallest absolute Gasteiger partial charge is 0.307 e.